The maximum atomic E-state index is 16.7. The first-order valence-corrected chi connectivity index (χ1v) is 41.2. The number of carboxylic acid groups (broad SMARTS) is 1. The van der Waals surface area contributed by atoms with E-state index in [0.29, 0.717) is 32.1 Å². The Morgan fingerprint density at radius 2 is 1.01 bits per heavy atom. The van der Waals surface area contributed by atoms with Gasteiger partial charge in [-0.15, -0.1) is 0 Å². The van der Waals surface area contributed by atoms with Crippen LogP contribution in [0.1, 0.15) is 147 Å². The number of carboxylic acids is 1. The summed E-state index contributed by atoms with van der Waals surface area (Å²) in [5, 5.41) is 199. The molecule has 12 aliphatic rings. The lowest BCUT2D eigenvalue weighted by molar-refractivity contribution is -0.393. The lowest BCUT2D eigenvalue weighted by Crippen LogP contribution is -2.70. The van der Waals surface area contributed by atoms with E-state index < -0.39 is 315 Å². The molecule has 1 unspecified atom stereocenters. The zero-order chi connectivity index (χ0) is 87.4. The normalized spacial score (nSPS) is 51.6. The highest BCUT2D eigenvalue weighted by Crippen LogP contribution is 2.79. The molecule has 0 aromatic heterocycles. The molecule has 12 rings (SSSR count). The molecule has 18 N–H and O–H groups in total. The molecular weight excluding hydrogens is 1590 g/mol. The summed E-state index contributed by atoms with van der Waals surface area (Å²) in [5.74, 6) is -6.22. The molecule has 5 aliphatic carbocycles. The molecule has 0 aromatic rings. The van der Waals surface area contributed by atoms with Crippen molar-refractivity contribution >= 4 is 29.8 Å². The number of esters is 4. The zero-order valence-corrected chi connectivity index (χ0v) is 68.8. The van der Waals surface area contributed by atoms with Crippen LogP contribution in [-0.2, 0) is 104 Å². The molecule has 0 amide bonds. The van der Waals surface area contributed by atoms with Gasteiger partial charge in [0.25, 0.3) is 0 Å². The largest absolute Gasteiger partial charge is 0.479 e. The van der Waals surface area contributed by atoms with Crippen LogP contribution in [0.5, 0.6) is 0 Å². The van der Waals surface area contributed by atoms with Gasteiger partial charge in [-0.2, -0.15) is 0 Å². The number of rotatable bonds is 23. The minimum atomic E-state index is -2.26. The maximum Gasteiger partial charge on any atom is 0.335 e. The van der Waals surface area contributed by atoms with Crippen LogP contribution in [0.4, 0.5) is 0 Å². The SMILES string of the molecule is CCC(C)C(=O)O[C@H]1[C@@H](O)[C@H](O[C@H]2[C@H](OC(=O)[C@]34CC[C@](C)(C(=O)OC)C[C@@]3(C)C3=CC[C@@H]5[C@@]6(C)CC[C@H](O[C@@H]7O[C@H](C(=O)O)[C@@H](O)[C@H](O[C@H]8OC[C@@H](O)[C@H](O)[C@H]8O)[C@H]7O[C@@H]7O[C@H](CO)[C@H](O)[C@H](O)[C@H]7O)[C@](C)(COC(C)=O)[C@@H]6CC[C@@]5(C)[C@]3(C)CC4)O[C@H](C)[C@@H](O)[C@@H]2O[C@H]2O[C@H](CO)[C@@H](O)[C@H](O)[C@H]2O)O[C@@H](C)[C@@H]1O[C@H]1OC[C@@H](O)[C@H](O)[C@H]1O. The number of hydrogen-bond donors (Lipinski definition) is 18. The zero-order valence-electron chi connectivity index (χ0n) is 68.8. The van der Waals surface area contributed by atoms with E-state index in [1.54, 1.807) is 20.8 Å². The molecular formula is C79H124O40. The topological polar surface area (TPSA) is 606 Å². The Kier molecular flexibility index (Phi) is 28.4. The van der Waals surface area contributed by atoms with Gasteiger partial charge in [-0.3, -0.25) is 19.2 Å². The molecule has 0 radical (unpaired) electrons. The van der Waals surface area contributed by atoms with Crippen molar-refractivity contribution in [3.63, 3.8) is 0 Å². The average Bonchev–Trinajstić information content (AvgIpc) is 0.662. The van der Waals surface area contributed by atoms with Crippen LogP contribution in [0, 0.1) is 55.7 Å². The van der Waals surface area contributed by atoms with Gasteiger partial charge in [-0.25, -0.2) is 4.79 Å². The highest BCUT2D eigenvalue weighted by molar-refractivity contribution is 5.82. The van der Waals surface area contributed by atoms with Crippen LogP contribution in [0.3, 0.4) is 0 Å². The van der Waals surface area contributed by atoms with E-state index in [9.17, 15) is 111 Å². The van der Waals surface area contributed by atoms with Gasteiger partial charge in [-0.05, 0) is 119 Å². The fraction of sp³-hybridized carbons (Fsp3) is 0.911. The smallest absolute Gasteiger partial charge is 0.335 e. The first-order valence-electron chi connectivity index (χ1n) is 41.2. The Labute approximate surface area is 686 Å². The number of aliphatic hydroxyl groups is 17. The number of fused-ring (bicyclic) bond motifs is 7. The first kappa shape index (κ1) is 94.0. The Balaban J connectivity index is 0.889. The van der Waals surface area contributed by atoms with E-state index in [4.69, 9.17) is 80.5 Å². The van der Waals surface area contributed by atoms with Crippen molar-refractivity contribution in [2.75, 3.05) is 40.1 Å². The Hall–Kier alpha value is -4.11. The number of hydrogen-bond acceptors (Lipinski definition) is 39. The molecule has 44 atom stereocenters. The number of aliphatic carboxylic acids is 1. The summed E-state index contributed by atoms with van der Waals surface area (Å²) >= 11 is 0. The molecule has 0 aromatic carbocycles. The van der Waals surface area contributed by atoms with E-state index in [0.717, 1.165) is 5.57 Å². The van der Waals surface area contributed by atoms with Crippen molar-refractivity contribution in [2.24, 2.45) is 55.7 Å². The van der Waals surface area contributed by atoms with Crippen molar-refractivity contribution in [1.29, 1.82) is 0 Å². The van der Waals surface area contributed by atoms with Crippen molar-refractivity contribution in [3.05, 3.63) is 11.6 Å². The summed E-state index contributed by atoms with van der Waals surface area (Å²) in [6.45, 7) is 16.0. The predicted molar refractivity (Wildman–Crippen MR) is 392 cm³/mol. The highest BCUT2D eigenvalue weighted by Gasteiger charge is 2.75. The van der Waals surface area contributed by atoms with Crippen LogP contribution in [0.25, 0.3) is 0 Å². The van der Waals surface area contributed by atoms with Crippen LogP contribution < -0.4 is 0 Å². The van der Waals surface area contributed by atoms with E-state index in [1.807, 2.05) is 13.8 Å². The van der Waals surface area contributed by atoms with Gasteiger partial charge in [0.1, 0.15) is 128 Å². The Bertz CT molecular complexity index is 3580. The van der Waals surface area contributed by atoms with Gasteiger partial charge in [0, 0.05) is 17.8 Å². The number of allylic oxidation sites excluding steroid dienone is 2. The van der Waals surface area contributed by atoms with Gasteiger partial charge in [0.2, 0.25) is 6.29 Å². The van der Waals surface area contributed by atoms with Gasteiger partial charge in [0.05, 0.1) is 75.2 Å². The first-order chi connectivity index (χ1) is 55.8. The molecule has 119 heavy (non-hydrogen) atoms. The molecule has 7 aliphatic heterocycles. The number of aliphatic hydroxyl groups excluding tert-OH is 17. The molecule has 11 fully saturated rings. The summed E-state index contributed by atoms with van der Waals surface area (Å²) < 4.78 is 105. The second-order valence-electron chi connectivity index (χ2n) is 36.5. The molecule has 7 saturated heterocycles. The van der Waals surface area contributed by atoms with Crippen molar-refractivity contribution in [2.45, 2.75) is 356 Å². The Morgan fingerprint density at radius 3 is 1.55 bits per heavy atom. The average molecular weight is 1710 g/mol. The lowest BCUT2D eigenvalue weighted by Gasteiger charge is -2.73. The molecule has 0 spiro atoms. The Morgan fingerprint density at radius 1 is 0.496 bits per heavy atom. The van der Waals surface area contributed by atoms with E-state index in [1.165, 1.54) is 27.9 Å². The maximum absolute atomic E-state index is 16.7. The molecule has 40 nitrogen and oxygen atoms in total. The molecule has 680 valence electrons. The van der Waals surface area contributed by atoms with Gasteiger partial charge in [-0.1, -0.05) is 60.1 Å². The summed E-state index contributed by atoms with van der Waals surface area (Å²) in [7, 11) is 1.27. The third kappa shape index (κ3) is 16.6. The van der Waals surface area contributed by atoms with Crippen molar-refractivity contribution in [3.8, 4) is 0 Å². The summed E-state index contributed by atoms with van der Waals surface area (Å²) in [6.07, 6.45) is -58.6. The minimum absolute atomic E-state index is 0.00448. The van der Waals surface area contributed by atoms with Gasteiger partial charge < -0.3 is 172 Å². The number of carbonyl (C=O) groups excluding carboxylic acids is 4. The summed E-state index contributed by atoms with van der Waals surface area (Å²) in [6, 6.07) is 0. The monoisotopic (exact) mass is 1710 g/mol. The standard InChI is InChI=1S/C79H124O40/c1-13-30(2)63(100)112-58-54(97)68(108-32(4)55(58)113-64-49(92)43(86)34(83)26-104-64)118-60-56(115-66-51(94)47(90)45(88)36(24-80)109-66)42(85)31(3)107-69(60)119-72(102)79-22-20-73(6,71(101)103-12)28-78(79,11)40-15-14-39-74(7)18-17-41(75(8,29-106-33(5)82)38(74)16-19-76(39,9)77(40,10)21-23-79)111-70-61(117-67-52(95)48(91)46(89)37(25-81)110-67)57(53(96)59(116-70)62(98)99)114-65-50(93)44(87)35(84)27-105-65/h15,30-32,34-39,41-61,64-70,80-81,83-97H,13-14,16-29H2,1-12H3,(H,98,99)/t30?,31-,32+,34-,35-,36-,37-,38-,39-,41+,42-,43+,44+,45-,46+,47+,48+,49-,50-,51-,52-,53+,54-,55+,56+,57+,58+,59+,60-,61-,64-,65-,66-,67+,68+,69+,70-,73+,74+,75-,76-,77-,78+,79-/m1/s1. The quantitative estimate of drug-likeness (QED) is 0.0199. The molecule has 40 heteroatoms. The second-order valence-corrected chi connectivity index (χ2v) is 36.5. The predicted octanol–water partition coefficient (Wildman–Crippen LogP) is -4.45. The number of ether oxygens (including phenoxy) is 17. The van der Waals surface area contributed by atoms with Crippen molar-refractivity contribution < 1.29 is 196 Å². The molecule has 0 bridgehead atoms. The number of carbonyl (C=O) groups is 5. The van der Waals surface area contributed by atoms with Crippen LogP contribution in [-0.4, -0.2) is 371 Å². The van der Waals surface area contributed by atoms with Crippen molar-refractivity contribution in [1.82, 2.24) is 0 Å². The van der Waals surface area contributed by atoms with E-state index in [-0.39, 0.29) is 51.0 Å². The summed E-state index contributed by atoms with van der Waals surface area (Å²) in [4.78, 5) is 71.4. The fourth-order valence-corrected chi connectivity index (χ4v) is 22.1. The molecule has 7 heterocycles. The molecule has 4 saturated carbocycles. The van der Waals surface area contributed by atoms with Gasteiger partial charge >= 0.3 is 29.8 Å². The third-order valence-corrected chi connectivity index (χ3v) is 29.5. The summed E-state index contributed by atoms with van der Waals surface area (Å²) in [5.41, 5.74) is -6.93. The van der Waals surface area contributed by atoms with E-state index in [2.05, 4.69) is 26.8 Å². The third-order valence-electron chi connectivity index (χ3n) is 29.5. The lowest BCUT2D eigenvalue weighted by atomic mass is 9.31. The van der Waals surface area contributed by atoms with Crippen LogP contribution in [0.2, 0.25) is 0 Å². The van der Waals surface area contributed by atoms with Crippen LogP contribution in [0.15, 0.2) is 11.6 Å². The number of methoxy groups -OCH3 is 1. The fourth-order valence-electron chi connectivity index (χ4n) is 22.1. The van der Waals surface area contributed by atoms with E-state index >= 15 is 4.79 Å². The van der Waals surface area contributed by atoms with Gasteiger partial charge in [0.15, 0.2) is 56.1 Å². The highest BCUT2D eigenvalue weighted by atomic mass is 16.8. The van der Waals surface area contributed by atoms with Crippen LogP contribution >= 0.6 is 0 Å². The second kappa shape index (κ2) is 36.0. The minimum Gasteiger partial charge on any atom is -0.479 e.